The van der Waals surface area contributed by atoms with E-state index in [0.717, 1.165) is 15.8 Å². The molecule has 0 aliphatic carbocycles. The number of primary amides is 1. The Bertz CT molecular complexity index is 741. The Kier molecular flexibility index (Phi) is 3.30. The fourth-order valence-electron chi connectivity index (χ4n) is 2.01. The van der Waals surface area contributed by atoms with E-state index in [1.165, 1.54) is 17.7 Å². The Morgan fingerprint density at radius 3 is 2.75 bits per heavy atom. The van der Waals surface area contributed by atoms with Gasteiger partial charge in [0.15, 0.2) is 0 Å². The van der Waals surface area contributed by atoms with Gasteiger partial charge in [0.25, 0.3) is 0 Å². The number of benzene rings is 1. The average molecular weight is 284 g/mol. The molecule has 0 radical (unpaired) electrons. The highest BCUT2D eigenvalue weighted by molar-refractivity contribution is 7.16. The van der Waals surface area contributed by atoms with Crippen LogP contribution in [-0.4, -0.2) is 15.9 Å². The second-order valence-corrected chi connectivity index (χ2v) is 5.15. The third-order valence-electron chi connectivity index (χ3n) is 2.96. The van der Waals surface area contributed by atoms with Crippen LogP contribution < -0.4 is 11.1 Å². The minimum atomic E-state index is -0.616. The van der Waals surface area contributed by atoms with Gasteiger partial charge in [0, 0.05) is 0 Å². The van der Waals surface area contributed by atoms with Crippen molar-refractivity contribution in [3.05, 3.63) is 53.7 Å². The van der Waals surface area contributed by atoms with Crippen molar-refractivity contribution in [2.45, 2.75) is 6.04 Å². The van der Waals surface area contributed by atoms with Crippen LogP contribution in [0.4, 0.5) is 5.82 Å². The maximum Gasteiger partial charge on any atom is 0.244 e. The molecule has 0 aliphatic rings. The van der Waals surface area contributed by atoms with Gasteiger partial charge in [0.1, 0.15) is 23.0 Å². The van der Waals surface area contributed by atoms with Gasteiger partial charge in [-0.15, -0.1) is 11.3 Å². The second kappa shape index (κ2) is 5.26. The minimum absolute atomic E-state index is 0.446. The number of nitrogens with zero attached hydrogens (tertiary/aromatic N) is 2. The van der Waals surface area contributed by atoms with E-state index < -0.39 is 11.9 Å². The molecule has 3 aromatic rings. The number of hydrogen-bond donors (Lipinski definition) is 2. The molecule has 1 atom stereocenters. The van der Waals surface area contributed by atoms with Crippen molar-refractivity contribution >= 4 is 33.3 Å². The van der Waals surface area contributed by atoms with Crippen LogP contribution in [0.5, 0.6) is 0 Å². The van der Waals surface area contributed by atoms with E-state index in [1.807, 2.05) is 41.8 Å². The number of nitrogens with one attached hydrogen (secondary N) is 1. The van der Waals surface area contributed by atoms with Gasteiger partial charge in [-0.3, -0.25) is 4.79 Å². The lowest BCUT2D eigenvalue weighted by Gasteiger charge is -2.16. The summed E-state index contributed by atoms with van der Waals surface area (Å²) < 4.78 is 0. The predicted molar refractivity (Wildman–Crippen MR) is 79.4 cm³/mol. The summed E-state index contributed by atoms with van der Waals surface area (Å²) in [6.45, 7) is 0. The SMILES string of the molecule is NC(=O)C(Nc1ncnc2sccc12)c1ccccc1. The smallest absolute Gasteiger partial charge is 0.244 e. The van der Waals surface area contributed by atoms with Gasteiger partial charge < -0.3 is 11.1 Å². The third kappa shape index (κ3) is 2.33. The highest BCUT2D eigenvalue weighted by Gasteiger charge is 2.19. The summed E-state index contributed by atoms with van der Waals surface area (Å²) in [4.78, 5) is 21.0. The monoisotopic (exact) mass is 284 g/mol. The number of carbonyl (C=O) groups is 1. The molecule has 3 N–H and O–H groups in total. The van der Waals surface area contributed by atoms with Crippen molar-refractivity contribution in [3.8, 4) is 0 Å². The Morgan fingerprint density at radius 2 is 2.00 bits per heavy atom. The summed E-state index contributed by atoms with van der Waals surface area (Å²) in [7, 11) is 0. The highest BCUT2D eigenvalue weighted by Crippen LogP contribution is 2.26. The van der Waals surface area contributed by atoms with Crippen molar-refractivity contribution < 1.29 is 4.79 Å². The minimum Gasteiger partial charge on any atom is -0.368 e. The largest absolute Gasteiger partial charge is 0.368 e. The number of aromatic nitrogens is 2. The lowest BCUT2D eigenvalue weighted by atomic mass is 10.1. The van der Waals surface area contributed by atoms with Gasteiger partial charge in [-0.2, -0.15) is 0 Å². The Balaban J connectivity index is 1.99. The van der Waals surface area contributed by atoms with Crippen LogP contribution in [0.25, 0.3) is 10.2 Å². The number of fused-ring (bicyclic) bond motifs is 1. The van der Waals surface area contributed by atoms with Crippen LogP contribution in [0.3, 0.4) is 0 Å². The molecule has 1 unspecified atom stereocenters. The molecule has 1 aromatic carbocycles. The van der Waals surface area contributed by atoms with Crippen LogP contribution in [0.2, 0.25) is 0 Å². The van der Waals surface area contributed by atoms with Gasteiger partial charge in [-0.05, 0) is 17.0 Å². The van der Waals surface area contributed by atoms with Crippen molar-refractivity contribution in [1.29, 1.82) is 0 Å². The Morgan fingerprint density at radius 1 is 1.20 bits per heavy atom. The molecular formula is C14H12N4OS. The van der Waals surface area contributed by atoms with Crippen molar-refractivity contribution in [2.24, 2.45) is 5.73 Å². The van der Waals surface area contributed by atoms with Crippen molar-refractivity contribution in [2.75, 3.05) is 5.32 Å². The van der Waals surface area contributed by atoms with E-state index in [-0.39, 0.29) is 0 Å². The first-order valence-corrected chi connectivity index (χ1v) is 6.92. The number of thiophene rings is 1. The zero-order chi connectivity index (χ0) is 13.9. The molecule has 3 rings (SSSR count). The molecule has 1 amide bonds. The molecule has 0 fully saturated rings. The van der Waals surface area contributed by atoms with Gasteiger partial charge in [-0.25, -0.2) is 9.97 Å². The molecule has 100 valence electrons. The first-order chi connectivity index (χ1) is 9.75. The molecule has 5 nitrogen and oxygen atoms in total. The van der Waals surface area contributed by atoms with Gasteiger partial charge in [0.05, 0.1) is 5.39 Å². The number of anilines is 1. The molecule has 20 heavy (non-hydrogen) atoms. The highest BCUT2D eigenvalue weighted by atomic mass is 32.1. The van der Waals surface area contributed by atoms with Gasteiger partial charge in [-0.1, -0.05) is 30.3 Å². The number of amides is 1. The zero-order valence-electron chi connectivity index (χ0n) is 10.5. The zero-order valence-corrected chi connectivity index (χ0v) is 11.3. The number of rotatable bonds is 4. The molecule has 6 heteroatoms. The number of carbonyl (C=O) groups excluding carboxylic acids is 1. The van der Waals surface area contributed by atoms with E-state index in [9.17, 15) is 4.79 Å². The lowest BCUT2D eigenvalue weighted by molar-refractivity contribution is -0.118. The molecule has 0 saturated heterocycles. The van der Waals surface area contributed by atoms with Crippen molar-refractivity contribution in [3.63, 3.8) is 0 Å². The van der Waals surface area contributed by atoms with Crippen LogP contribution >= 0.6 is 11.3 Å². The molecule has 0 bridgehead atoms. The molecule has 0 aliphatic heterocycles. The summed E-state index contributed by atoms with van der Waals surface area (Å²) in [6, 6.07) is 10.6. The van der Waals surface area contributed by atoms with Gasteiger partial charge in [0.2, 0.25) is 5.91 Å². The quantitative estimate of drug-likeness (QED) is 0.770. The molecule has 2 aromatic heterocycles. The Labute approximate surface area is 119 Å². The fraction of sp³-hybridized carbons (Fsp3) is 0.0714. The predicted octanol–water partition coefficient (Wildman–Crippen LogP) is 2.33. The summed E-state index contributed by atoms with van der Waals surface area (Å²) in [5, 5.41) is 5.93. The normalized spacial score (nSPS) is 12.2. The third-order valence-corrected chi connectivity index (χ3v) is 3.78. The molecular weight excluding hydrogens is 272 g/mol. The van der Waals surface area contributed by atoms with E-state index >= 15 is 0 Å². The van der Waals surface area contributed by atoms with Crippen LogP contribution in [0, 0.1) is 0 Å². The number of nitrogens with two attached hydrogens (primary N) is 1. The van der Waals surface area contributed by atoms with Crippen LogP contribution in [0.1, 0.15) is 11.6 Å². The maximum atomic E-state index is 11.7. The average Bonchev–Trinajstić information content (AvgIpc) is 2.94. The van der Waals surface area contributed by atoms with E-state index in [4.69, 9.17) is 5.73 Å². The molecule has 0 saturated carbocycles. The Hall–Kier alpha value is -2.47. The fourth-order valence-corrected chi connectivity index (χ4v) is 2.74. The lowest BCUT2D eigenvalue weighted by Crippen LogP contribution is -2.28. The maximum absolute atomic E-state index is 11.7. The van der Waals surface area contributed by atoms with Gasteiger partial charge >= 0.3 is 0 Å². The second-order valence-electron chi connectivity index (χ2n) is 4.25. The topological polar surface area (TPSA) is 80.9 Å². The van der Waals surface area contributed by atoms with E-state index in [1.54, 1.807) is 0 Å². The van der Waals surface area contributed by atoms with E-state index in [0.29, 0.717) is 5.82 Å². The first kappa shape index (κ1) is 12.6. The summed E-state index contributed by atoms with van der Waals surface area (Å²) in [5.41, 5.74) is 6.30. The summed E-state index contributed by atoms with van der Waals surface area (Å²) in [6.07, 6.45) is 1.48. The summed E-state index contributed by atoms with van der Waals surface area (Å²) >= 11 is 1.53. The standard InChI is InChI=1S/C14H12N4OS/c15-12(19)11(9-4-2-1-3-5-9)18-13-10-6-7-20-14(10)17-8-16-13/h1-8,11H,(H2,15,19)(H,16,17,18). The molecule has 2 heterocycles. The van der Waals surface area contributed by atoms with Crippen molar-refractivity contribution in [1.82, 2.24) is 9.97 Å². The summed E-state index contributed by atoms with van der Waals surface area (Å²) in [5.74, 6) is 0.169. The number of hydrogen-bond acceptors (Lipinski definition) is 5. The molecule has 0 spiro atoms. The van der Waals surface area contributed by atoms with Crippen LogP contribution in [-0.2, 0) is 4.79 Å². The first-order valence-electron chi connectivity index (χ1n) is 6.04. The van der Waals surface area contributed by atoms with E-state index in [2.05, 4.69) is 15.3 Å². The van der Waals surface area contributed by atoms with Crippen LogP contribution in [0.15, 0.2) is 48.1 Å².